The molecule has 0 aromatic rings. The van der Waals surface area contributed by atoms with Crippen LogP contribution in [0.1, 0.15) is 33.6 Å². The largest absolute Gasteiger partial charge is 0.413 e. The molecule has 1 aliphatic carbocycles. The van der Waals surface area contributed by atoms with Gasteiger partial charge in [-0.25, -0.2) is 0 Å². The first-order valence-corrected chi connectivity index (χ1v) is 9.68. The molecule has 0 saturated heterocycles. The Balaban J connectivity index is 2.63. The van der Waals surface area contributed by atoms with Gasteiger partial charge in [-0.05, 0) is 52.7 Å². The Morgan fingerprint density at radius 3 is 2.25 bits per heavy atom. The average Bonchev–Trinajstić information content (AvgIpc) is 2.43. The van der Waals surface area contributed by atoms with Gasteiger partial charge in [-0.2, -0.15) is 0 Å². The summed E-state index contributed by atoms with van der Waals surface area (Å²) in [6.07, 6.45) is 1.57. The minimum Gasteiger partial charge on any atom is -0.413 e. The normalized spacial score (nSPS) is 18.5. The van der Waals surface area contributed by atoms with Crippen LogP contribution in [0.3, 0.4) is 0 Å². The Kier molecular flexibility index (Phi) is 4.40. The molecule has 0 bridgehead atoms. The highest BCUT2D eigenvalue weighted by Crippen LogP contribution is 2.38. The van der Waals surface area contributed by atoms with Crippen LogP contribution in [0.5, 0.6) is 0 Å². The number of carbonyl (C=O) groups excluding carboxylic acids is 1. The summed E-state index contributed by atoms with van der Waals surface area (Å²) in [5.74, 6) is 0.287. The number of ketones is 1. The number of carbonyl (C=O) groups is 1. The Bertz CT molecular complexity index is 326. The average molecular weight is 352 g/mol. The highest BCUT2D eigenvalue weighted by molar-refractivity contribution is 14.1. The van der Waals surface area contributed by atoms with E-state index in [0.717, 1.165) is 10.0 Å². The summed E-state index contributed by atoms with van der Waals surface area (Å²) in [5.41, 5.74) is 1.20. The maximum absolute atomic E-state index is 11.4. The highest BCUT2D eigenvalue weighted by atomic mass is 127. The van der Waals surface area contributed by atoms with E-state index in [9.17, 15) is 4.79 Å². The van der Waals surface area contributed by atoms with E-state index in [2.05, 4.69) is 56.5 Å². The van der Waals surface area contributed by atoms with E-state index < -0.39 is 8.32 Å². The molecule has 0 spiro atoms. The van der Waals surface area contributed by atoms with Gasteiger partial charge in [-0.3, -0.25) is 4.79 Å². The first kappa shape index (κ1) is 14.4. The molecule has 0 heterocycles. The topological polar surface area (TPSA) is 26.3 Å². The molecule has 1 aliphatic rings. The second-order valence-corrected chi connectivity index (χ2v) is 11.8. The lowest BCUT2D eigenvalue weighted by atomic mass is 10.2. The van der Waals surface area contributed by atoms with Gasteiger partial charge in [0.15, 0.2) is 14.1 Å². The Labute approximate surface area is 113 Å². The van der Waals surface area contributed by atoms with Crippen LogP contribution in [0.2, 0.25) is 18.1 Å². The molecule has 4 heteroatoms. The van der Waals surface area contributed by atoms with Crippen molar-refractivity contribution in [1.29, 1.82) is 0 Å². The second kappa shape index (κ2) is 4.90. The van der Waals surface area contributed by atoms with Crippen LogP contribution in [-0.4, -0.2) is 20.7 Å². The summed E-state index contributed by atoms with van der Waals surface area (Å²) in [6.45, 7) is 11.9. The fourth-order valence-electron chi connectivity index (χ4n) is 1.30. The van der Waals surface area contributed by atoms with Crippen molar-refractivity contribution in [2.45, 2.75) is 51.7 Å². The van der Waals surface area contributed by atoms with Gasteiger partial charge in [0, 0.05) is 6.42 Å². The van der Waals surface area contributed by atoms with Crippen LogP contribution in [0.15, 0.2) is 9.15 Å². The molecule has 92 valence electrons. The van der Waals surface area contributed by atoms with Crippen molar-refractivity contribution in [2.75, 3.05) is 6.61 Å². The monoisotopic (exact) mass is 352 g/mol. The third-order valence-corrected chi connectivity index (χ3v) is 9.47. The van der Waals surface area contributed by atoms with E-state index in [-0.39, 0.29) is 10.8 Å². The molecule has 2 nitrogen and oxygen atoms in total. The first-order chi connectivity index (χ1) is 7.15. The van der Waals surface area contributed by atoms with Gasteiger partial charge in [0.1, 0.15) is 0 Å². The smallest absolute Gasteiger partial charge is 0.192 e. The van der Waals surface area contributed by atoms with Crippen LogP contribution >= 0.6 is 22.6 Å². The van der Waals surface area contributed by atoms with Gasteiger partial charge in [-0.1, -0.05) is 20.8 Å². The zero-order valence-electron chi connectivity index (χ0n) is 10.8. The lowest BCUT2D eigenvalue weighted by Gasteiger charge is -2.36. The number of hydrogen-bond acceptors (Lipinski definition) is 2. The summed E-state index contributed by atoms with van der Waals surface area (Å²) in [7, 11) is -1.67. The molecule has 1 rings (SSSR count). The van der Waals surface area contributed by atoms with Crippen LogP contribution in [-0.2, 0) is 9.22 Å². The third-order valence-electron chi connectivity index (χ3n) is 3.62. The molecule has 0 saturated carbocycles. The van der Waals surface area contributed by atoms with Crippen LogP contribution in [0.25, 0.3) is 0 Å². The predicted molar refractivity (Wildman–Crippen MR) is 78.4 cm³/mol. The number of allylic oxidation sites excluding steroid dienone is 1. The van der Waals surface area contributed by atoms with E-state index in [1.54, 1.807) is 0 Å². The second-order valence-electron chi connectivity index (χ2n) is 5.89. The van der Waals surface area contributed by atoms with Crippen LogP contribution in [0.4, 0.5) is 0 Å². The highest BCUT2D eigenvalue weighted by Gasteiger charge is 2.37. The molecular weight excluding hydrogens is 331 g/mol. The number of halogens is 1. The van der Waals surface area contributed by atoms with E-state index in [1.807, 2.05) is 0 Å². The summed E-state index contributed by atoms with van der Waals surface area (Å²) < 4.78 is 7.03. The summed E-state index contributed by atoms with van der Waals surface area (Å²) >= 11 is 2.16. The Morgan fingerprint density at radius 2 is 1.88 bits per heavy atom. The SMILES string of the molecule is CC(C)(C)[Si](C)(C)OCC1=C(I)C(=O)CC1. The molecule has 0 amide bonds. The van der Waals surface area contributed by atoms with Crippen LogP contribution in [0, 0.1) is 0 Å². The summed E-state index contributed by atoms with van der Waals surface area (Å²) in [4.78, 5) is 11.4. The lowest BCUT2D eigenvalue weighted by molar-refractivity contribution is -0.114. The zero-order chi connectivity index (χ0) is 12.6. The molecule has 0 radical (unpaired) electrons. The fraction of sp³-hybridized carbons (Fsp3) is 0.750. The molecular formula is C12H21IO2Si. The predicted octanol–water partition coefficient (Wildman–Crippen LogP) is 4.06. The molecule has 0 fully saturated rings. The van der Waals surface area contributed by atoms with E-state index in [0.29, 0.717) is 13.0 Å². The van der Waals surface area contributed by atoms with E-state index in [1.165, 1.54) is 5.57 Å². The van der Waals surface area contributed by atoms with Gasteiger partial charge in [0.2, 0.25) is 0 Å². The quantitative estimate of drug-likeness (QED) is 0.566. The molecule has 0 aromatic heterocycles. The van der Waals surface area contributed by atoms with Crippen molar-refractivity contribution in [2.24, 2.45) is 0 Å². The summed E-state index contributed by atoms with van der Waals surface area (Å²) in [5, 5.41) is 0.238. The Hall–Kier alpha value is 0.317. The van der Waals surface area contributed by atoms with Crippen molar-refractivity contribution in [1.82, 2.24) is 0 Å². The van der Waals surface area contributed by atoms with Crippen molar-refractivity contribution < 1.29 is 9.22 Å². The molecule has 0 aromatic carbocycles. The first-order valence-electron chi connectivity index (χ1n) is 5.70. The third kappa shape index (κ3) is 3.17. The number of rotatable bonds is 3. The minimum absolute atomic E-state index is 0.238. The number of Topliss-reactive ketones (excluding diaryl/α,β-unsaturated/α-hetero) is 1. The molecule has 0 N–H and O–H groups in total. The Morgan fingerprint density at radius 1 is 1.31 bits per heavy atom. The van der Waals surface area contributed by atoms with Crippen molar-refractivity contribution in [3.05, 3.63) is 9.15 Å². The fourth-order valence-corrected chi connectivity index (χ4v) is 2.96. The zero-order valence-corrected chi connectivity index (χ0v) is 14.0. The van der Waals surface area contributed by atoms with Crippen molar-refractivity contribution in [3.8, 4) is 0 Å². The molecule has 16 heavy (non-hydrogen) atoms. The maximum atomic E-state index is 11.4. The van der Waals surface area contributed by atoms with Gasteiger partial charge < -0.3 is 4.43 Å². The molecule has 0 unspecified atom stereocenters. The maximum Gasteiger partial charge on any atom is 0.192 e. The van der Waals surface area contributed by atoms with Crippen LogP contribution < -0.4 is 0 Å². The minimum atomic E-state index is -1.67. The van der Waals surface area contributed by atoms with Crippen molar-refractivity contribution >= 4 is 36.7 Å². The number of hydrogen-bond donors (Lipinski definition) is 0. The molecule has 0 aliphatic heterocycles. The van der Waals surface area contributed by atoms with Gasteiger partial charge in [0.25, 0.3) is 0 Å². The van der Waals surface area contributed by atoms with Crippen molar-refractivity contribution in [3.63, 3.8) is 0 Å². The van der Waals surface area contributed by atoms with Gasteiger partial charge in [0.05, 0.1) is 10.2 Å². The lowest BCUT2D eigenvalue weighted by Crippen LogP contribution is -2.41. The van der Waals surface area contributed by atoms with E-state index in [4.69, 9.17) is 4.43 Å². The standard InChI is InChI=1S/C12H21IO2Si/c1-12(2,3)16(4,5)15-8-9-6-7-10(14)11(9)13/h6-8H2,1-5H3. The summed E-state index contributed by atoms with van der Waals surface area (Å²) in [6, 6.07) is 0. The van der Waals surface area contributed by atoms with E-state index >= 15 is 0 Å². The van der Waals surface area contributed by atoms with Gasteiger partial charge in [-0.15, -0.1) is 0 Å². The van der Waals surface area contributed by atoms with Gasteiger partial charge >= 0.3 is 0 Å². The molecule has 0 atom stereocenters.